The maximum Gasteiger partial charge on any atom is 0.313 e. The van der Waals surface area contributed by atoms with Crippen LogP contribution in [-0.4, -0.2) is 38.3 Å². The summed E-state index contributed by atoms with van der Waals surface area (Å²) in [6, 6.07) is 5.72. The van der Waals surface area contributed by atoms with E-state index in [1.165, 1.54) is 24.3 Å². The topological polar surface area (TPSA) is 113 Å². The van der Waals surface area contributed by atoms with Gasteiger partial charge in [0.2, 0.25) is 0 Å². The zero-order valence-corrected chi connectivity index (χ0v) is 14.7. The summed E-state index contributed by atoms with van der Waals surface area (Å²) < 4.78 is 32.8. The van der Waals surface area contributed by atoms with E-state index in [2.05, 4.69) is 0 Å². The summed E-state index contributed by atoms with van der Waals surface area (Å²) in [5.41, 5.74) is 1.07. The van der Waals surface area contributed by atoms with Crippen LogP contribution in [-0.2, 0) is 23.8 Å². The number of nitro benzene ring substituents is 1. The molecule has 0 radical (unpaired) electrons. The fourth-order valence-corrected chi connectivity index (χ4v) is 3.35. The molecule has 25 heavy (non-hydrogen) atoms. The van der Waals surface area contributed by atoms with Crippen LogP contribution in [0.25, 0.3) is 5.57 Å². The van der Waals surface area contributed by atoms with Gasteiger partial charge in [0.15, 0.2) is 0 Å². The summed E-state index contributed by atoms with van der Waals surface area (Å²) in [5.74, 6) is -0.981. The summed E-state index contributed by atoms with van der Waals surface area (Å²) in [4.78, 5) is 22.5. The average Bonchev–Trinajstić information content (AvgIpc) is 2.53. The van der Waals surface area contributed by atoms with Gasteiger partial charge in [-0.05, 0) is 49.1 Å². The van der Waals surface area contributed by atoms with Gasteiger partial charge in [-0.1, -0.05) is 0 Å². The molecule has 8 nitrogen and oxygen atoms in total. The largest absolute Gasteiger partial charge is 0.466 e. The Bertz CT molecular complexity index is 783. The first-order valence-corrected chi connectivity index (χ1v) is 9.54. The summed E-state index contributed by atoms with van der Waals surface area (Å²) >= 11 is 0. The number of benzene rings is 1. The Hall–Kier alpha value is -2.26. The van der Waals surface area contributed by atoms with Crippen LogP contribution in [0.2, 0.25) is 0 Å². The molecule has 0 heterocycles. The lowest BCUT2D eigenvalue weighted by molar-refractivity contribution is -0.384. The molecule has 1 aliphatic carbocycles. The van der Waals surface area contributed by atoms with Crippen LogP contribution in [0.15, 0.2) is 30.3 Å². The fraction of sp³-hybridized carbons (Fsp3) is 0.438. The van der Waals surface area contributed by atoms with Crippen molar-refractivity contribution in [2.45, 2.75) is 25.9 Å². The van der Waals surface area contributed by atoms with Crippen molar-refractivity contribution in [3.05, 3.63) is 46.0 Å². The lowest BCUT2D eigenvalue weighted by atomic mass is 9.82. The second-order valence-electron chi connectivity index (χ2n) is 5.65. The standard InChI is InChI=1S/C16H19NO7S/c1-3-23-16(18)14-9-8-13(24-25(2,21)22)10-15(14)11-4-6-12(7-5-11)17(19)20/h4-7,10,13-14H,3,8-9H2,1-2H3. The van der Waals surface area contributed by atoms with Gasteiger partial charge in [0.1, 0.15) is 0 Å². The number of nitro groups is 1. The molecule has 9 heteroatoms. The zero-order chi connectivity index (χ0) is 18.6. The molecule has 0 bridgehead atoms. The SMILES string of the molecule is CCOC(=O)C1CCC(OS(C)(=O)=O)C=C1c1ccc([N+](=O)[O-])cc1. The number of carbonyl (C=O) groups excluding carboxylic acids is 1. The van der Waals surface area contributed by atoms with Crippen molar-refractivity contribution < 1.29 is 27.1 Å². The number of non-ortho nitro benzene ring substituents is 1. The minimum atomic E-state index is -3.65. The van der Waals surface area contributed by atoms with Gasteiger partial charge < -0.3 is 4.74 Å². The molecule has 2 atom stereocenters. The van der Waals surface area contributed by atoms with Crippen LogP contribution in [0.4, 0.5) is 5.69 Å². The maximum atomic E-state index is 12.2. The summed E-state index contributed by atoms with van der Waals surface area (Å²) in [6.45, 7) is 1.93. The lowest BCUT2D eigenvalue weighted by Crippen LogP contribution is -2.27. The van der Waals surface area contributed by atoms with Crippen molar-refractivity contribution in [3.8, 4) is 0 Å². The number of rotatable bonds is 6. The van der Waals surface area contributed by atoms with E-state index in [9.17, 15) is 23.3 Å². The van der Waals surface area contributed by atoms with Crippen LogP contribution in [0, 0.1) is 16.0 Å². The molecule has 0 N–H and O–H groups in total. The summed E-state index contributed by atoms with van der Waals surface area (Å²) in [7, 11) is -3.65. The van der Waals surface area contributed by atoms with Crippen LogP contribution < -0.4 is 0 Å². The molecule has 0 aliphatic heterocycles. The normalized spacial score (nSPS) is 20.6. The highest BCUT2D eigenvalue weighted by atomic mass is 32.2. The molecule has 1 aromatic carbocycles. The van der Waals surface area contributed by atoms with Gasteiger partial charge >= 0.3 is 5.97 Å². The van der Waals surface area contributed by atoms with Gasteiger partial charge in [-0.25, -0.2) is 0 Å². The van der Waals surface area contributed by atoms with E-state index in [1.54, 1.807) is 13.0 Å². The first kappa shape index (κ1) is 19.1. The Morgan fingerprint density at radius 2 is 1.92 bits per heavy atom. The van der Waals surface area contributed by atoms with Crippen molar-refractivity contribution in [1.82, 2.24) is 0 Å². The van der Waals surface area contributed by atoms with Gasteiger partial charge in [0.25, 0.3) is 15.8 Å². The smallest absolute Gasteiger partial charge is 0.313 e. The molecule has 0 fully saturated rings. The Kier molecular flexibility index (Phi) is 5.91. The lowest BCUT2D eigenvalue weighted by Gasteiger charge is -2.27. The summed E-state index contributed by atoms with van der Waals surface area (Å²) in [5, 5.41) is 10.8. The molecule has 0 saturated heterocycles. The minimum Gasteiger partial charge on any atom is -0.466 e. The number of hydrogen-bond acceptors (Lipinski definition) is 7. The molecule has 2 unspecified atom stereocenters. The highest BCUT2D eigenvalue weighted by Gasteiger charge is 2.32. The third-order valence-electron chi connectivity index (χ3n) is 3.76. The third kappa shape index (κ3) is 5.10. The number of nitrogens with zero attached hydrogens (tertiary/aromatic N) is 1. The van der Waals surface area contributed by atoms with E-state index in [1.807, 2.05) is 0 Å². The van der Waals surface area contributed by atoms with E-state index in [4.69, 9.17) is 8.92 Å². The van der Waals surface area contributed by atoms with Gasteiger partial charge in [-0.15, -0.1) is 0 Å². The van der Waals surface area contributed by atoms with Crippen LogP contribution in [0.5, 0.6) is 0 Å². The van der Waals surface area contributed by atoms with Crippen LogP contribution >= 0.6 is 0 Å². The fourth-order valence-electron chi connectivity index (χ4n) is 2.75. The molecule has 1 aromatic rings. The Morgan fingerprint density at radius 1 is 1.28 bits per heavy atom. The highest BCUT2D eigenvalue weighted by Crippen LogP contribution is 2.35. The van der Waals surface area contributed by atoms with E-state index < -0.39 is 33.0 Å². The zero-order valence-electron chi connectivity index (χ0n) is 13.9. The second-order valence-corrected chi connectivity index (χ2v) is 7.25. The average molecular weight is 369 g/mol. The molecule has 0 aromatic heterocycles. The van der Waals surface area contributed by atoms with E-state index in [-0.39, 0.29) is 12.3 Å². The molecule has 2 rings (SSSR count). The number of ether oxygens (including phenoxy) is 1. The second kappa shape index (κ2) is 7.75. The van der Waals surface area contributed by atoms with Crippen molar-refractivity contribution in [3.63, 3.8) is 0 Å². The molecule has 136 valence electrons. The maximum absolute atomic E-state index is 12.2. The van der Waals surface area contributed by atoms with E-state index >= 15 is 0 Å². The molecule has 0 spiro atoms. The van der Waals surface area contributed by atoms with E-state index in [0.717, 1.165) is 6.26 Å². The third-order valence-corrected chi connectivity index (χ3v) is 4.36. The Labute approximate surface area is 145 Å². The first-order valence-electron chi connectivity index (χ1n) is 7.72. The number of esters is 1. The molecular formula is C16H19NO7S. The Morgan fingerprint density at radius 3 is 2.44 bits per heavy atom. The number of carbonyl (C=O) groups is 1. The molecule has 0 saturated carbocycles. The summed E-state index contributed by atoms with van der Waals surface area (Å²) in [6.07, 6.45) is 2.57. The molecule has 1 aliphatic rings. The highest BCUT2D eigenvalue weighted by molar-refractivity contribution is 7.86. The van der Waals surface area contributed by atoms with Crippen molar-refractivity contribution in [2.24, 2.45) is 5.92 Å². The van der Waals surface area contributed by atoms with Gasteiger partial charge in [0.05, 0.1) is 29.8 Å². The van der Waals surface area contributed by atoms with Gasteiger partial charge in [-0.3, -0.25) is 19.1 Å². The van der Waals surface area contributed by atoms with Crippen LogP contribution in [0.3, 0.4) is 0 Å². The van der Waals surface area contributed by atoms with Gasteiger partial charge in [-0.2, -0.15) is 8.42 Å². The monoisotopic (exact) mass is 369 g/mol. The van der Waals surface area contributed by atoms with Crippen molar-refractivity contribution >= 4 is 27.3 Å². The van der Waals surface area contributed by atoms with Gasteiger partial charge in [0, 0.05) is 12.1 Å². The molecular weight excluding hydrogens is 350 g/mol. The predicted molar refractivity (Wildman–Crippen MR) is 90.1 cm³/mol. The van der Waals surface area contributed by atoms with Crippen molar-refractivity contribution in [2.75, 3.05) is 12.9 Å². The number of hydrogen-bond donors (Lipinski definition) is 0. The first-order chi connectivity index (χ1) is 11.7. The minimum absolute atomic E-state index is 0.0724. The van der Waals surface area contributed by atoms with E-state index in [0.29, 0.717) is 24.0 Å². The predicted octanol–water partition coefficient (Wildman–Crippen LogP) is 2.30. The quantitative estimate of drug-likeness (QED) is 0.327. The Balaban J connectivity index is 2.38. The van der Waals surface area contributed by atoms with Crippen LogP contribution in [0.1, 0.15) is 25.3 Å². The van der Waals surface area contributed by atoms with Crippen molar-refractivity contribution in [1.29, 1.82) is 0 Å². The molecule has 0 amide bonds.